The summed E-state index contributed by atoms with van der Waals surface area (Å²) in [6.07, 6.45) is 1.46. The van der Waals surface area contributed by atoms with Gasteiger partial charge in [0, 0.05) is 17.7 Å². The van der Waals surface area contributed by atoms with Gasteiger partial charge in [0.25, 0.3) is 17.4 Å². The number of nitrogens with zero attached hydrogens (tertiary/aromatic N) is 2. The van der Waals surface area contributed by atoms with Crippen molar-refractivity contribution in [3.05, 3.63) is 99.5 Å². The van der Waals surface area contributed by atoms with E-state index in [4.69, 9.17) is 9.15 Å². The fraction of sp³-hybridized carbons (Fsp3) is 0.167. The Kier molecular flexibility index (Phi) is 5.95. The molecule has 1 aromatic heterocycles. The molecule has 1 N–H and O–H groups in total. The average Bonchev–Trinajstić information content (AvgIpc) is 3.42. The standard InChI is InChI=1S/C24H20N2O7/c1-2-32-18-10-8-15(9-11-18)21-20(22(27)16-5-3-6-17(13-16)26(30)31)23(28)24(29)25(21)14-19-7-4-12-33-19/h3-13,21,27H,2,14H2,1H3. The van der Waals surface area contributed by atoms with E-state index in [0.29, 0.717) is 23.7 Å². The van der Waals surface area contributed by atoms with Crippen molar-refractivity contribution in [1.29, 1.82) is 0 Å². The fourth-order valence-corrected chi connectivity index (χ4v) is 3.80. The second kappa shape index (κ2) is 8.99. The van der Waals surface area contributed by atoms with Crippen molar-refractivity contribution in [2.75, 3.05) is 6.61 Å². The van der Waals surface area contributed by atoms with Crippen molar-refractivity contribution in [1.82, 2.24) is 4.90 Å². The molecule has 0 bridgehead atoms. The Morgan fingerprint density at radius 3 is 2.55 bits per heavy atom. The Hall–Kier alpha value is -4.40. The van der Waals surface area contributed by atoms with Crippen molar-refractivity contribution in [3.8, 4) is 5.75 Å². The zero-order chi connectivity index (χ0) is 23.5. The molecule has 1 atom stereocenters. The maximum atomic E-state index is 13.0. The highest BCUT2D eigenvalue weighted by Gasteiger charge is 2.46. The minimum Gasteiger partial charge on any atom is -0.507 e. The number of carbonyl (C=O) groups is 2. The summed E-state index contributed by atoms with van der Waals surface area (Å²) >= 11 is 0. The molecule has 2 aromatic carbocycles. The number of aliphatic hydroxyl groups excluding tert-OH is 1. The number of rotatable bonds is 7. The van der Waals surface area contributed by atoms with Gasteiger partial charge in [0.15, 0.2) is 0 Å². The van der Waals surface area contributed by atoms with Crippen molar-refractivity contribution in [3.63, 3.8) is 0 Å². The van der Waals surface area contributed by atoms with Gasteiger partial charge in [0.05, 0.1) is 36.0 Å². The number of amides is 1. The van der Waals surface area contributed by atoms with Crippen LogP contribution in [0.5, 0.6) is 5.75 Å². The molecular formula is C24H20N2O7. The quantitative estimate of drug-likeness (QED) is 0.189. The lowest BCUT2D eigenvalue weighted by molar-refractivity contribution is -0.384. The van der Waals surface area contributed by atoms with E-state index in [1.165, 1.54) is 29.4 Å². The summed E-state index contributed by atoms with van der Waals surface area (Å²) < 4.78 is 10.8. The van der Waals surface area contributed by atoms with Crippen LogP contribution in [0.1, 0.15) is 29.9 Å². The van der Waals surface area contributed by atoms with Gasteiger partial charge in [-0.3, -0.25) is 19.7 Å². The molecule has 2 heterocycles. The van der Waals surface area contributed by atoms with Gasteiger partial charge in [0.1, 0.15) is 17.3 Å². The molecule has 1 aliphatic rings. The van der Waals surface area contributed by atoms with Crippen LogP contribution >= 0.6 is 0 Å². The molecule has 0 aliphatic carbocycles. The fourth-order valence-electron chi connectivity index (χ4n) is 3.80. The molecule has 168 valence electrons. The van der Waals surface area contributed by atoms with Gasteiger partial charge < -0.3 is 19.2 Å². The van der Waals surface area contributed by atoms with Gasteiger partial charge in [0.2, 0.25) is 0 Å². The molecule has 4 rings (SSSR count). The second-order valence-corrected chi connectivity index (χ2v) is 7.32. The number of Topliss-reactive ketones (excluding diaryl/α,β-unsaturated/α-hetero) is 1. The summed E-state index contributed by atoms with van der Waals surface area (Å²) in [5, 5.41) is 22.2. The van der Waals surface area contributed by atoms with Crippen LogP contribution in [0.25, 0.3) is 5.76 Å². The van der Waals surface area contributed by atoms with Gasteiger partial charge in [-0.25, -0.2) is 0 Å². The summed E-state index contributed by atoms with van der Waals surface area (Å²) in [6.45, 7) is 2.33. The van der Waals surface area contributed by atoms with E-state index in [-0.39, 0.29) is 23.4 Å². The number of furan rings is 1. The van der Waals surface area contributed by atoms with Crippen molar-refractivity contribution >= 4 is 23.1 Å². The van der Waals surface area contributed by atoms with E-state index in [9.17, 15) is 24.8 Å². The second-order valence-electron chi connectivity index (χ2n) is 7.32. The number of hydrogen-bond acceptors (Lipinski definition) is 7. The summed E-state index contributed by atoms with van der Waals surface area (Å²) in [5.74, 6) is -1.11. The number of nitro groups is 1. The lowest BCUT2D eigenvalue weighted by Gasteiger charge is -2.24. The normalized spacial score (nSPS) is 17.4. The maximum Gasteiger partial charge on any atom is 0.296 e. The predicted molar refractivity (Wildman–Crippen MR) is 117 cm³/mol. The Balaban J connectivity index is 1.85. The summed E-state index contributed by atoms with van der Waals surface area (Å²) in [5.41, 5.74) is 0.227. The largest absolute Gasteiger partial charge is 0.507 e. The monoisotopic (exact) mass is 448 g/mol. The third-order valence-electron chi connectivity index (χ3n) is 5.28. The number of likely N-dealkylation sites (tertiary alicyclic amines) is 1. The number of nitro benzene ring substituents is 1. The van der Waals surface area contributed by atoms with Crippen molar-refractivity contribution in [2.24, 2.45) is 0 Å². The van der Waals surface area contributed by atoms with Gasteiger partial charge >= 0.3 is 0 Å². The van der Waals surface area contributed by atoms with Gasteiger partial charge in [-0.1, -0.05) is 24.3 Å². The molecule has 1 saturated heterocycles. The minimum absolute atomic E-state index is 0.00116. The molecule has 3 aromatic rings. The molecule has 1 aliphatic heterocycles. The number of non-ortho nitro benzene ring substituents is 1. The molecule has 1 unspecified atom stereocenters. The van der Waals surface area contributed by atoms with Gasteiger partial charge in [-0.2, -0.15) is 0 Å². The highest BCUT2D eigenvalue weighted by Crippen LogP contribution is 2.41. The van der Waals surface area contributed by atoms with Crippen LogP contribution in [0.15, 0.2) is 76.9 Å². The molecular weight excluding hydrogens is 428 g/mol. The first-order valence-electron chi connectivity index (χ1n) is 10.2. The number of carbonyl (C=O) groups excluding carboxylic acids is 2. The SMILES string of the molecule is CCOc1ccc(C2C(=C(O)c3cccc([N+](=O)[O-])c3)C(=O)C(=O)N2Cc2ccco2)cc1. The summed E-state index contributed by atoms with van der Waals surface area (Å²) in [4.78, 5) is 37.9. The lowest BCUT2D eigenvalue weighted by atomic mass is 9.95. The Morgan fingerprint density at radius 1 is 1.15 bits per heavy atom. The number of ketones is 1. The molecule has 9 nitrogen and oxygen atoms in total. The molecule has 0 radical (unpaired) electrons. The van der Waals surface area contributed by atoms with E-state index < -0.39 is 28.4 Å². The van der Waals surface area contributed by atoms with Crippen LogP contribution in [0.4, 0.5) is 5.69 Å². The van der Waals surface area contributed by atoms with Crippen LogP contribution in [0.3, 0.4) is 0 Å². The van der Waals surface area contributed by atoms with Crippen molar-refractivity contribution < 1.29 is 28.8 Å². The molecule has 1 amide bonds. The van der Waals surface area contributed by atoms with Crippen LogP contribution in [-0.4, -0.2) is 33.2 Å². The van der Waals surface area contributed by atoms with E-state index >= 15 is 0 Å². The minimum atomic E-state index is -0.926. The van der Waals surface area contributed by atoms with Crippen LogP contribution in [0, 0.1) is 10.1 Å². The lowest BCUT2D eigenvalue weighted by Crippen LogP contribution is -2.29. The molecule has 0 spiro atoms. The van der Waals surface area contributed by atoms with Gasteiger partial charge in [-0.05, 0) is 36.8 Å². The topological polar surface area (TPSA) is 123 Å². The Labute approximate surface area is 188 Å². The first-order valence-corrected chi connectivity index (χ1v) is 10.2. The van der Waals surface area contributed by atoms with Crippen LogP contribution < -0.4 is 4.74 Å². The Morgan fingerprint density at radius 2 is 1.91 bits per heavy atom. The predicted octanol–water partition coefficient (Wildman–Crippen LogP) is 4.21. The molecule has 9 heteroatoms. The summed E-state index contributed by atoms with van der Waals surface area (Å²) in [6, 6.07) is 14.5. The number of aliphatic hydroxyl groups is 1. The maximum absolute atomic E-state index is 13.0. The van der Waals surface area contributed by atoms with E-state index in [1.807, 2.05) is 6.92 Å². The third kappa shape index (κ3) is 4.20. The highest BCUT2D eigenvalue weighted by atomic mass is 16.6. The van der Waals surface area contributed by atoms with Gasteiger partial charge in [-0.15, -0.1) is 0 Å². The average molecular weight is 448 g/mol. The third-order valence-corrected chi connectivity index (χ3v) is 5.28. The highest BCUT2D eigenvalue weighted by molar-refractivity contribution is 6.46. The van der Waals surface area contributed by atoms with Crippen molar-refractivity contribution in [2.45, 2.75) is 19.5 Å². The van der Waals surface area contributed by atoms with E-state index in [0.717, 1.165) is 6.07 Å². The molecule has 0 saturated carbocycles. The van der Waals surface area contributed by atoms with E-state index in [2.05, 4.69) is 0 Å². The van der Waals surface area contributed by atoms with Crippen LogP contribution in [-0.2, 0) is 16.1 Å². The zero-order valence-corrected chi connectivity index (χ0v) is 17.6. The van der Waals surface area contributed by atoms with Crippen LogP contribution in [0.2, 0.25) is 0 Å². The smallest absolute Gasteiger partial charge is 0.296 e. The molecule has 33 heavy (non-hydrogen) atoms. The first-order chi connectivity index (χ1) is 15.9. The summed E-state index contributed by atoms with van der Waals surface area (Å²) in [7, 11) is 0. The molecule has 1 fully saturated rings. The van der Waals surface area contributed by atoms with E-state index in [1.54, 1.807) is 36.4 Å². The number of benzene rings is 2. The number of ether oxygens (including phenoxy) is 1. The zero-order valence-electron chi connectivity index (χ0n) is 17.6. The Bertz CT molecular complexity index is 1230. The first kappa shape index (κ1) is 21.8. The number of hydrogen-bond donors (Lipinski definition) is 1.